The molecule has 0 radical (unpaired) electrons. The summed E-state index contributed by atoms with van der Waals surface area (Å²) >= 11 is 0. The van der Waals surface area contributed by atoms with E-state index in [1.54, 1.807) is 12.4 Å². The monoisotopic (exact) mass is 280 g/mol. The average Bonchev–Trinajstić information content (AvgIpc) is 3.01. The molecule has 0 spiro atoms. The van der Waals surface area contributed by atoms with E-state index in [-0.39, 0.29) is 11.9 Å². The van der Waals surface area contributed by atoms with E-state index in [1.807, 2.05) is 49.4 Å². The van der Waals surface area contributed by atoms with Gasteiger partial charge >= 0.3 is 5.97 Å². The van der Waals surface area contributed by atoms with E-state index in [1.165, 1.54) is 0 Å². The highest BCUT2D eigenvalue weighted by Gasteiger charge is 2.15. The molecule has 0 fully saturated rings. The van der Waals surface area contributed by atoms with Gasteiger partial charge in [-0.3, -0.25) is 0 Å². The van der Waals surface area contributed by atoms with Crippen molar-refractivity contribution in [1.82, 2.24) is 9.97 Å². The molecule has 0 aliphatic carbocycles. The van der Waals surface area contributed by atoms with E-state index in [4.69, 9.17) is 4.74 Å². The summed E-state index contributed by atoms with van der Waals surface area (Å²) in [6.45, 7) is 2.39. The predicted octanol–water partition coefficient (Wildman–Crippen LogP) is 3.52. The number of carbonyl (C=O) groups is 1. The highest BCUT2D eigenvalue weighted by Crippen LogP contribution is 2.18. The Hall–Kier alpha value is -2.62. The summed E-state index contributed by atoms with van der Waals surface area (Å²) < 4.78 is 5.43. The van der Waals surface area contributed by atoms with Crippen molar-refractivity contribution in [3.63, 3.8) is 0 Å². The van der Waals surface area contributed by atoms with E-state index in [0.717, 1.165) is 11.1 Å². The van der Waals surface area contributed by atoms with Gasteiger partial charge in [0.1, 0.15) is 5.52 Å². The number of nitrogens with zero attached hydrogens (tertiary/aromatic N) is 1. The Kier molecular flexibility index (Phi) is 3.69. The summed E-state index contributed by atoms with van der Waals surface area (Å²) in [4.78, 5) is 19.4. The van der Waals surface area contributed by atoms with Gasteiger partial charge in [0.15, 0.2) is 0 Å². The Balaban J connectivity index is 1.71. The van der Waals surface area contributed by atoms with Crippen molar-refractivity contribution in [2.45, 2.75) is 12.8 Å². The van der Waals surface area contributed by atoms with E-state index in [9.17, 15) is 4.79 Å². The third-order valence-electron chi connectivity index (χ3n) is 3.50. The average molecular weight is 280 g/mol. The van der Waals surface area contributed by atoms with Gasteiger partial charge < -0.3 is 9.72 Å². The quantitative estimate of drug-likeness (QED) is 0.744. The van der Waals surface area contributed by atoms with Crippen molar-refractivity contribution in [2.75, 3.05) is 6.61 Å². The van der Waals surface area contributed by atoms with Crippen LogP contribution in [0.5, 0.6) is 0 Å². The Bertz CT molecular complexity index is 750. The molecular weight excluding hydrogens is 264 g/mol. The number of ether oxygens (including phenoxy) is 1. The highest BCUT2D eigenvalue weighted by atomic mass is 16.5. The third kappa shape index (κ3) is 2.79. The molecule has 21 heavy (non-hydrogen) atoms. The molecule has 0 saturated heterocycles. The van der Waals surface area contributed by atoms with Crippen LogP contribution in [0.3, 0.4) is 0 Å². The zero-order chi connectivity index (χ0) is 14.7. The molecule has 3 rings (SSSR count). The Morgan fingerprint density at radius 2 is 2.00 bits per heavy atom. The molecule has 0 amide bonds. The fourth-order valence-corrected chi connectivity index (χ4v) is 2.29. The number of benzene rings is 2. The highest BCUT2D eigenvalue weighted by molar-refractivity contribution is 6.01. The lowest BCUT2D eigenvalue weighted by molar-refractivity contribution is 0.0487. The summed E-state index contributed by atoms with van der Waals surface area (Å²) in [5.74, 6) is -0.177. The molecule has 1 unspecified atom stereocenters. The van der Waals surface area contributed by atoms with Gasteiger partial charge in [-0.05, 0) is 17.7 Å². The van der Waals surface area contributed by atoms with E-state index in [2.05, 4.69) is 9.97 Å². The second kappa shape index (κ2) is 5.79. The molecule has 106 valence electrons. The Morgan fingerprint density at radius 3 is 2.81 bits per heavy atom. The number of nitrogens with one attached hydrogen (secondary N) is 1. The number of fused-ring (bicyclic) bond motifs is 1. The van der Waals surface area contributed by atoms with Crippen molar-refractivity contribution in [3.8, 4) is 0 Å². The minimum absolute atomic E-state index is 0.161. The summed E-state index contributed by atoms with van der Waals surface area (Å²) in [5.41, 5.74) is 3.13. The van der Waals surface area contributed by atoms with Crippen LogP contribution in [0, 0.1) is 0 Å². The van der Waals surface area contributed by atoms with Crippen LogP contribution >= 0.6 is 0 Å². The first-order chi connectivity index (χ1) is 10.3. The van der Waals surface area contributed by atoms with Crippen molar-refractivity contribution in [3.05, 3.63) is 66.0 Å². The molecule has 0 aliphatic rings. The van der Waals surface area contributed by atoms with Crippen LogP contribution in [0.25, 0.3) is 11.0 Å². The molecule has 0 bridgehead atoms. The number of esters is 1. The Morgan fingerprint density at radius 1 is 1.19 bits per heavy atom. The van der Waals surface area contributed by atoms with Gasteiger partial charge in [0.05, 0.1) is 24.0 Å². The SMILES string of the molecule is CC(COC(=O)c1cccc2[nH]cnc12)c1ccccc1. The number of aromatic amines is 1. The zero-order valence-corrected chi connectivity index (χ0v) is 11.7. The number of carbonyl (C=O) groups excluding carboxylic acids is 1. The number of rotatable bonds is 4. The van der Waals surface area contributed by atoms with Gasteiger partial charge in [0, 0.05) is 5.92 Å². The molecule has 4 heteroatoms. The maximum absolute atomic E-state index is 12.2. The predicted molar refractivity (Wildman–Crippen MR) is 81.2 cm³/mol. The Labute approximate surface area is 122 Å². The smallest absolute Gasteiger partial charge is 0.340 e. The van der Waals surface area contributed by atoms with Gasteiger partial charge in [-0.15, -0.1) is 0 Å². The molecule has 4 nitrogen and oxygen atoms in total. The number of H-pyrrole nitrogens is 1. The molecule has 0 aliphatic heterocycles. The normalized spacial score (nSPS) is 12.2. The fraction of sp³-hybridized carbons (Fsp3) is 0.176. The summed E-state index contributed by atoms with van der Waals surface area (Å²) in [5, 5.41) is 0. The van der Waals surface area contributed by atoms with Crippen LogP contribution in [0.15, 0.2) is 54.9 Å². The first-order valence-electron chi connectivity index (χ1n) is 6.90. The van der Waals surface area contributed by atoms with Crippen molar-refractivity contribution >= 4 is 17.0 Å². The zero-order valence-electron chi connectivity index (χ0n) is 11.7. The number of imidazole rings is 1. The van der Waals surface area contributed by atoms with Crippen LogP contribution in [0.1, 0.15) is 28.8 Å². The molecular formula is C17H16N2O2. The van der Waals surface area contributed by atoms with Gasteiger partial charge in [-0.2, -0.15) is 0 Å². The number of hydrogen-bond donors (Lipinski definition) is 1. The summed E-state index contributed by atoms with van der Waals surface area (Å²) in [7, 11) is 0. The minimum Gasteiger partial charge on any atom is -0.461 e. The van der Waals surface area contributed by atoms with Gasteiger partial charge in [-0.25, -0.2) is 9.78 Å². The number of hydrogen-bond acceptors (Lipinski definition) is 3. The molecule has 2 aromatic carbocycles. The molecule has 1 atom stereocenters. The number of aromatic nitrogens is 2. The summed E-state index contributed by atoms with van der Waals surface area (Å²) in [6, 6.07) is 15.4. The second-order valence-corrected chi connectivity index (χ2v) is 5.01. The lowest BCUT2D eigenvalue weighted by Gasteiger charge is -2.12. The molecule has 1 heterocycles. The van der Waals surface area contributed by atoms with Crippen LogP contribution in [0.2, 0.25) is 0 Å². The van der Waals surface area contributed by atoms with Crippen LogP contribution in [0.4, 0.5) is 0 Å². The largest absolute Gasteiger partial charge is 0.461 e. The minimum atomic E-state index is -0.338. The molecule has 0 saturated carbocycles. The molecule has 1 aromatic heterocycles. The van der Waals surface area contributed by atoms with Crippen LogP contribution in [-0.2, 0) is 4.74 Å². The van der Waals surface area contributed by atoms with Crippen molar-refractivity contribution < 1.29 is 9.53 Å². The summed E-state index contributed by atoms with van der Waals surface area (Å²) in [6.07, 6.45) is 1.58. The van der Waals surface area contributed by atoms with Crippen molar-refractivity contribution in [2.24, 2.45) is 0 Å². The first-order valence-corrected chi connectivity index (χ1v) is 6.90. The second-order valence-electron chi connectivity index (χ2n) is 5.01. The first kappa shape index (κ1) is 13.4. The molecule has 3 aromatic rings. The topological polar surface area (TPSA) is 55.0 Å². The lowest BCUT2D eigenvalue weighted by atomic mass is 10.0. The van der Waals surface area contributed by atoms with E-state index < -0.39 is 0 Å². The van der Waals surface area contributed by atoms with Crippen molar-refractivity contribution in [1.29, 1.82) is 0 Å². The molecule has 1 N–H and O–H groups in total. The lowest BCUT2D eigenvalue weighted by Crippen LogP contribution is -2.11. The number of para-hydroxylation sites is 1. The van der Waals surface area contributed by atoms with Gasteiger partial charge in [0.2, 0.25) is 0 Å². The fourth-order valence-electron chi connectivity index (χ4n) is 2.29. The van der Waals surface area contributed by atoms with Crippen LogP contribution < -0.4 is 0 Å². The standard InChI is InChI=1S/C17H16N2O2/c1-12(13-6-3-2-4-7-13)10-21-17(20)14-8-5-9-15-16(14)19-11-18-15/h2-9,11-12H,10H2,1H3,(H,18,19). The maximum Gasteiger partial charge on any atom is 0.340 e. The van der Waals surface area contributed by atoms with E-state index in [0.29, 0.717) is 17.7 Å². The van der Waals surface area contributed by atoms with Gasteiger partial charge in [0.25, 0.3) is 0 Å². The van der Waals surface area contributed by atoms with Crippen LogP contribution in [-0.4, -0.2) is 22.5 Å². The maximum atomic E-state index is 12.2. The third-order valence-corrected chi connectivity index (χ3v) is 3.50. The van der Waals surface area contributed by atoms with Gasteiger partial charge in [-0.1, -0.05) is 43.3 Å². The van der Waals surface area contributed by atoms with E-state index >= 15 is 0 Å².